The molecule has 0 aromatic carbocycles. The Bertz CT molecular complexity index is 887. The average Bonchev–Trinajstić information content (AvgIpc) is 2.97. The Kier molecular flexibility index (Phi) is 5.64. The molecule has 0 amide bonds. The summed E-state index contributed by atoms with van der Waals surface area (Å²) >= 11 is 0. The van der Waals surface area contributed by atoms with E-state index in [1.54, 1.807) is 18.5 Å². The minimum absolute atomic E-state index is 0.0460. The molecule has 0 saturated heterocycles. The van der Waals surface area contributed by atoms with Crippen LogP contribution in [-0.4, -0.2) is 38.3 Å². The number of ether oxygens (including phenoxy) is 1. The number of hydrogen-bond acceptors (Lipinski definition) is 4. The number of nitrogens with zero attached hydrogens (tertiary/aromatic N) is 3. The van der Waals surface area contributed by atoms with Crippen molar-refractivity contribution in [2.75, 3.05) is 6.61 Å². The molecule has 0 bridgehead atoms. The fourth-order valence-corrected chi connectivity index (χ4v) is 3.48. The van der Waals surface area contributed by atoms with Crippen LogP contribution in [0.4, 0.5) is 17.6 Å². The lowest BCUT2D eigenvalue weighted by atomic mass is 9.86. The summed E-state index contributed by atoms with van der Waals surface area (Å²) in [6.45, 7) is 5.79. The Hall–Kier alpha value is -2.16. The minimum Gasteiger partial charge on any atom is -0.468 e. The Balaban J connectivity index is 2.07. The molecule has 1 aliphatic carbocycles. The van der Waals surface area contributed by atoms with Crippen LogP contribution in [0, 0.1) is 11.7 Å². The van der Waals surface area contributed by atoms with E-state index in [0.29, 0.717) is 18.0 Å². The van der Waals surface area contributed by atoms with Gasteiger partial charge in [-0.3, -0.25) is 4.68 Å². The van der Waals surface area contributed by atoms with Gasteiger partial charge in [0.25, 0.3) is 0 Å². The van der Waals surface area contributed by atoms with E-state index in [2.05, 4.69) is 21.7 Å². The second-order valence-corrected chi connectivity index (χ2v) is 8.30. The molecular formula is C20H25F4N3O2. The smallest absolute Gasteiger partial charge is 0.422 e. The molecule has 160 valence electrons. The number of alkyl halides is 3. The lowest BCUT2D eigenvalue weighted by Gasteiger charge is -2.29. The van der Waals surface area contributed by atoms with Crippen LogP contribution in [-0.2, 0) is 12.8 Å². The predicted molar refractivity (Wildman–Crippen MR) is 99.2 cm³/mol. The van der Waals surface area contributed by atoms with Crippen molar-refractivity contribution in [3.05, 3.63) is 29.3 Å². The lowest BCUT2D eigenvalue weighted by Crippen LogP contribution is -2.33. The van der Waals surface area contributed by atoms with E-state index in [9.17, 15) is 22.7 Å². The summed E-state index contributed by atoms with van der Waals surface area (Å²) in [6, 6.07) is 0.780. The average molecular weight is 415 g/mol. The monoisotopic (exact) mass is 415 g/mol. The van der Waals surface area contributed by atoms with Crippen LogP contribution in [0.15, 0.2) is 12.3 Å². The molecule has 0 radical (unpaired) electrons. The van der Waals surface area contributed by atoms with Gasteiger partial charge in [-0.1, -0.05) is 6.92 Å². The Morgan fingerprint density at radius 1 is 1.34 bits per heavy atom. The Morgan fingerprint density at radius 3 is 2.66 bits per heavy atom. The summed E-state index contributed by atoms with van der Waals surface area (Å²) < 4.78 is 58.3. The molecule has 2 atom stereocenters. The molecule has 9 heteroatoms. The number of aliphatic hydroxyl groups is 1. The first-order valence-corrected chi connectivity index (χ1v) is 9.55. The Labute approximate surface area is 166 Å². The van der Waals surface area contributed by atoms with Gasteiger partial charge in [-0.2, -0.15) is 18.3 Å². The maximum absolute atomic E-state index is 14.6. The van der Waals surface area contributed by atoms with E-state index in [4.69, 9.17) is 0 Å². The van der Waals surface area contributed by atoms with Crippen LogP contribution in [0.1, 0.15) is 51.4 Å². The van der Waals surface area contributed by atoms with Crippen molar-refractivity contribution in [1.82, 2.24) is 14.8 Å². The molecule has 1 N–H and O–H groups in total. The summed E-state index contributed by atoms with van der Waals surface area (Å²) in [5.74, 6) is -0.596. The first-order valence-electron chi connectivity index (χ1n) is 9.55. The normalized spacial score (nSPS) is 18.4. The highest BCUT2D eigenvalue weighted by atomic mass is 19.4. The fourth-order valence-electron chi connectivity index (χ4n) is 3.48. The van der Waals surface area contributed by atoms with Crippen molar-refractivity contribution in [2.45, 2.75) is 64.8 Å². The standard InChI is InChI=1S/C20H25F4N3O2/c1-11-5-6-13-16(7-11)27(12(2)19(3,4)28)26-18(13)14-8-17(25-9-15(14)21)29-10-20(22,23)24/h8-9,11-12,28H,5-7,10H2,1-4H3/t11-,12+/m1/s1. The van der Waals surface area contributed by atoms with Gasteiger partial charge in [0.05, 0.1) is 23.5 Å². The highest BCUT2D eigenvalue weighted by molar-refractivity contribution is 5.66. The van der Waals surface area contributed by atoms with Gasteiger partial charge in [-0.25, -0.2) is 9.37 Å². The van der Waals surface area contributed by atoms with E-state index in [1.165, 1.54) is 0 Å². The first-order chi connectivity index (χ1) is 13.4. The van der Waals surface area contributed by atoms with E-state index < -0.39 is 24.2 Å². The maximum atomic E-state index is 14.6. The third-order valence-electron chi connectivity index (χ3n) is 5.41. The topological polar surface area (TPSA) is 60.2 Å². The summed E-state index contributed by atoms with van der Waals surface area (Å²) in [5.41, 5.74) is 1.12. The summed E-state index contributed by atoms with van der Waals surface area (Å²) in [4.78, 5) is 3.60. The minimum atomic E-state index is -4.52. The Morgan fingerprint density at radius 2 is 2.03 bits per heavy atom. The van der Waals surface area contributed by atoms with Crippen molar-refractivity contribution in [3.63, 3.8) is 0 Å². The van der Waals surface area contributed by atoms with Gasteiger partial charge in [-0.05, 0) is 46.0 Å². The predicted octanol–water partition coefficient (Wildman–Crippen LogP) is 4.48. The van der Waals surface area contributed by atoms with Crippen LogP contribution < -0.4 is 4.74 Å². The highest BCUT2D eigenvalue weighted by Gasteiger charge is 2.33. The van der Waals surface area contributed by atoms with Crippen molar-refractivity contribution < 1.29 is 27.4 Å². The highest BCUT2D eigenvalue weighted by Crippen LogP contribution is 2.38. The second-order valence-electron chi connectivity index (χ2n) is 8.30. The molecule has 0 aliphatic heterocycles. The van der Waals surface area contributed by atoms with E-state index in [-0.39, 0.29) is 17.5 Å². The van der Waals surface area contributed by atoms with Crippen LogP contribution >= 0.6 is 0 Å². The van der Waals surface area contributed by atoms with E-state index >= 15 is 0 Å². The van der Waals surface area contributed by atoms with Crippen molar-refractivity contribution in [2.24, 2.45) is 5.92 Å². The number of rotatable bonds is 5. The molecule has 0 saturated carbocycles. The number of halogens is 4. The molecule has 5 nitrogen and oxygen atoms in total. The van der Waals surface area contributed by atoms with Crippen LogP contribution in [0.25, 0.3) is 11.3 Å². The second kappa shape index (κ2) is 7.59. The number of aromatic nitrogens is 3. The van der Waals surface area contributed by atoms with Crippen molar-refractivity contribution in [3.8, 4) is 17.1 Å². The molecule has 3 rings (SSSR count). The number of fused-ring (bicyclic) bond motifs is 1. The quantitative estimate of drug-likeness (QED) is 0.732. The lowest BCUT2D eigenvalue weighted by molar-refractivity contribution is -0.154. The van der Waals surface area contributed by atoms with Gasteiger partial charge in [0.15, 0.2) is 12.4 Å². The molecule has 29 heavy (non-hydrogen) atoms. The van der Waals surface area contributed by atoms with Gasteiger partial charge in [0, 0.05) is 22.9 Å². The van der Waals surface area contributed by atoms with Gasteiger partial charge in [0.1, 0.15) is 0 Å². The SMILES string of the molecule is C[C@@H]1CCc2c(-c3cc(OCC(F)(F)F)ncc3F)nn([C@@H](C)C(C)(C)O)c2C1. The van der Waals surface area contributed by atoms with E-state index in [1.807, 2.05) is 6.92 Å². The van der Waals surface area contributed by atoms with Gasteiger partial charge < -0.3 is 9.84 Å². The molecule has 2 aromatic rings. The first kappa shape index (κ1) is 21.5. The van der Waals surface area contributed by atoms with Crippen molar-refractivity contribution in [1.29, 1.82) is 0 Å². The third-order valence-corrected chi connectivity index (χ3v) is 5.41. The van der Waals surface area contributed by atoms with Gasteiger partial charge in [0.2, 0.25) is 5.88 Å². The van der Waals surface area contributed by atoms with E-state index in [0.717, 1.165) is 36.4 Å². The zero-order valence-corrected chi connectivity index (χ0v) is 16.8. The molecule has 2 heterocycles. The molecule has 0 unspecified atom stereocenters. The number of hydrogen-bond donors (Lipinski definition) is 1. The summed E-state index contributed by atoms with van der Waals surface area (Å²) in [5, 5.41) is 15.0. The maximum Gasteiger partial charge on any atom is 0.422 e. The molecule has 0 spiro atoms. The zero-order valence-electron chi connectivity index (χ0n) is 16.8. The summed E-state index contributed by atoms with van der Waals surface area (Å²) in [6.07, 6.45) is -1.38. The van der Waals surface area contributed by atoms with Gasteiger partial charge >= 0.3 is 6.18 Å². The molecular weight excluding hydrogens is 390 g/mol. The fraction of sp³-hybridized carbons (Fsp3) is 0.600. The van der Waals surface area contributed by atoms with Crippen LogP contribution in [0.5, 0.6) is 5.88 Å². The molecule has 0 fully saturated rings. The van der Waals surface area contributed by atoms with Crippen LogP contribution in [0.2, 0.25) is 0 Å². The molecule has 1 aliphatic rings. The van der Waals surface area contributed by atoms with Crippen molar-refractivity contribution >= 4 is 0 Å². The van der Waals surface area contributed by atoms with Gasteiger partial charge in [-0.15, -0.1) is 0 Å². The number of pyridine rings is 1. The third kappa shape index (κ3) is 4.71. The van der Waals surface area contributed by atoms with Crippen LogP contribution in [0.3, 0.4) is 0 Å². The molecule has 2 aromatic heterocycles. The zero-order chi connectivity index (χ0) is 21.6. The summed E-state index contributed by atoms with van der Waals surface area (Å²) in [7, 11) is 0. The largest absolute Gasteiger partial charge is 0.468 e.